The molecule has 0 bridgehead atoms. The average molecular weight is 551 g/mol. The molecule has 3 heterocycles. The predicted molar refractivity (Wildman–Crippen MR) is 132 cm³/mol. The Bertz CT molecular complexity index is 645. The Morgan fingerprint density at radius 1 is 1.30 bits per heavy atom. The van der Waals surface area contributed by atoms with Gasteiger partial charge in [-0.1, -0.05) is 6.07 Å². The number of guanidine groups is 1. The molecule has 0 amide bonds. The number of morpholine rings is 1. The maximum atomic E-state index is 12.0. The molecule has 0 aliphatic carbocycles. The number of hydrogen-bond acceptors (Lipinski definition) is 6. The van der Waals surface area contributed by atoms with Gasteiger partial charge in [-0.05, 0) is 38.1 Å². The molecule has 1 aromatic heterocycles. The van der Waals surface area contributed by atoms with Crippen LogP contribution in [0.3, 0.4) is 0 Å². The topological polar surface area (TPSA) is 66.4 Å². The second kappa shape index (κ2) is 13.5. The Hall–Kier alpha value is -0.910. The molecule has 2 aliphatic rings. The van der Waals surface area contributed by atoms with Gasteiger partial charge in [0.05, 0.1) is 38.3 Å². The minimum Gasteiger partial charge on any atom is -0.466 e. The van der Waals surface area contributed by atoms with Crippen LogP contribution < -0.4 is 5.32 Å². The van der Waals surface area contributed by atoms with Crippen LogP contribution in [0.2, 0.25) is 0 Å². The fourth-order valence-electron chi connectivity index (χ4n) is 3.94. The summed E-state index contributed by atoms with van der Waals surface area (Å²) >= 11 is 1.80. The zero-order chi connectivity index (χ0) is 20.5. The highest BCUT2D eigenvalue weighted by Crippen LogP contribution is 2.26. The molecule has 2 aliphatic heterocycles. The van der Waals surface area contributed by atoms with Gasteiger partial charge in [0.25, 0.3) is 0 Å². The molecule has 170 valence electrons. The third-order valence-electron chi connectivity index (χ3n) is 5.52. The first-order valence-electron chi connectivity index (χ1n) is 10.8. The molecule has 0 saturated carbocycles. The Morgan fingerprint density at radius 3 is 2.63 bits per heavy atom. The van der Waals surface area contributed by atoms with Crippen molar-refractivity contribution in [2.24, 2.45) is 10.9 Å². The predicted octanol–water partition coefficient (Wildman–Crippen LogP) is 2.98. The summed E-state index contributed by atoms with van der Waals surface area (Å²) < 4.78 is 10.7. The van der Waals surface area contributed by atoms with Crippen molar-refractivity contribution in [2.45, 2.75) is 32.7 Å². The van der Waals surface area contributed by atoms with E-state index in [0.29, 0.717) is 6.61 Å². The van der Waals surface area contributed by atoms with Crippen LogP contribution in [0.15, 0.2) is 22.5 Å². The number of nitrogens with one attached hydrogen (secondary N) is 1. The lowest BCUT2D eigenvalue weighted by atomic mass is 9.97. The number of esters is 1. The van der Waals surface area contributed by atoms with Crippen molar-refractivity contribution in [1.29, 1.82) is 0 Å². The van der Waals surface area contributed by atoms with E-state index in [9.17, 15) is 4.79 Å². The third-order valence-corrected chi connectivity index (χ3v) is 6.49. The number of halogens is 1. The molecule has 2 saturated heterocycles. The molecule has 2 fully saturated rings. The molecule has 7 nitrogen and oxygen atoms in total. The lowest BCUT2D eigenvalue weighted by Gasteiger charge is -2.35. The Balaban J connectivity index is 0.00000320. The number of carbonyl (C=O) groups excluding carboxylic acids is 1. The van der Waals surface area contributed by atoms with Crippen molar-refractivity contribution in [2.75, 3.05) is 59.1 Å². The van der Waals surface area contributed by atoms with Crippen LogP contribution in [0.25, 0.3) is 0 Å². The third kappa shape index (κ3) is 7.06. The highest BCUT2D eigenvalue weighted by molar-refractivity contribution is 14.0. The summed E-state index contributed by atoms with van der Waals surface area (Å²) in [5.41, 5.74) is 0. The minimum atomic E-state index is -0.0563. The molecule has 1 unspecified atom stereocenters. The van der Waals surface area contributed by atoms with Crippen LogP contribution in [-0.4, -0.2) is 80.8 Å². The number of aliphatic imine (C=N–C) groups is 1. The summed E-state index contributed by atoms with van der Waals surface area (Å²) in [6.45, 7) is 11.1. The molecule has 9 heteroatoms. The van der Waals surface area contributed by atoms with Gasteiger partial charge in [-0.3, -0.25) is 14.7 Å². The number of rotatable bonds is 7. The smallest absolute Gasteiger partial charge is 0.309 e. The van der Waals surface area contributed by atoms with Gasteiger partial charge in [0.2, 0.25) is 0 Å². The van der Waals surface area contributed by atoms with E-state index in [1.54, 1.807) is 11.3 Å². The van der Waals surface area contributed by atoms with Gasteiger partial charge in [-0.25, -0.2) is 0 Å². The summed E-state index contributed by atoms with van der Waals surface area (Å²) in [5.74, 6) is 0.907. The van der Waals surface area contributed by atoms with Crippen molar-refractivity contribution < 1.29 is 14.3 Å². The largest absolute Gasteiger partial charge is 0.466 e. The van der Waals surface area contributed by atoms with Gasteiger partial charge in [-0.15, -0.1) is 35.3 Å². The van der Waals surface area contributed by atoms with Crippen LogP contribution in [-0.2, 0) is 14.3 Å². The molecular weight excluding hydrogens is 515 g/mol. The summed E-state index contributed by atoms with van der Waals surface area (Å²) in [6, 6.07) is 4.60. The first-order valence-corrected chi connectivity index (χ1v) is 11.7. The fraction of sp³-hybridized carbons (Fsp3) is 0.714. The molecule has 0 spiro atoms. The van der Waals surface area contributed by atoms with Gasteiger partial charge >= 0.3 is 5.97 Å². The first kappa shape index (κ1) is 25.4. The molecule has 1 N–H and O–H groups in total. The van der Waals surface area contributed by atoms with Gasteiger partial charge in [-0.2, -0.15) is 0 Å². The number of ether oxygens (including phenoxy) is 2. The molecular formula is C21H35IN4O3S. The summed E-state index contributed by atoms with van der Waals surface area (Å²) in [6.07, 6.45) is 1.64. The highest BCUT2D eigenvalue weighted by atomic mass is 127. The number of hydrogen-bond donors (Lipinski definition) is 1. The van der Waals surface area contributed by atoms with Crippen LogP contribution in [0, 0.1) is 5.92 Å². The molecule has 0 aromatic carbocycles. The van der Waals surface area contributed by atoms with Crippen molar-refractivity contribution in [3.63, 3.8) is 0 Å². The zero-order valence-corrected chi connectivity index (χ0v) is 21.2. The lowest BCUT2D eigenvalue weighted by Crippen LogP contribution is -2.47. The quantitative estimate of drug-likeness (QED) is 0.244. The fourth-order valence-corrected chi connectivity index (χ4v) is 4.79. The van der Waals surface area contributed by atoms with Crippen LogP contribution in [0.4, 0.5) is 0 Å². The monoisotopic (exact) mass is 550 g/mol. The molecule has 1 atom stereocenters. The van der Waals surface area contributed by atoms with Crippen molar-refractivity contribution in [3.05, 3.63) is 22.4 Å². The number of thiophene rings is 1. The normalized spacial score (nSPS) is 19.8. The SMILES string of the molecule is CCNC(=NCC(c1cccs1)N1CCOCC1)N1CCC(C(=O)OCC)CC1.I. The van der Waals surface area contributed by atoms with Crippen molar-refractivity contribution in [1.82, 2.24) is 15.1 Å². The molecule has 3 rings (SSSR count). The summed E-state index contributed by atoms with van der Waals surface area (Å²) in [7, 11) is 0. The highest BCUT2D eigenvalue weighted by Gasteiger charge is 2.28. The second-order valence-electron chi connectivity index (χ2n) is 7.39. The Labute approximate surface area is 201 Å². The summed E-state index contributed by atoms with van der Waals surface area (Å²) in [5, 5.41) is 5.58. The number of nitrogens with zero attached hydrogens (tertiary/aromatic N) is 3. The van der Waals surface area contributed by atoms with E-state index < -0.39 is 0 Å². The molecule has 0 radical (unpaired) electrons. The summed E-state index contributed by atoms with van der Waals surface area (Å²) in [4.78, 5) is 23.2. The van der Waals surface area contributed by atoms with E-state index in [1.807, 2.05) is 6.92 Å². The van der Waals surface area contributed by atoms with Crippen molar-refractivity contribution in [3.8, 4) is 0 Å². The standard InChI is InChI=1S/C21H34N4O3S.HI/c1-3-22-21(25-9-7-17(8-10-25)20(26)28-4-2)23-16-18(19-6-5-15-29-19)24-11-13-27-14-12-24;/h5-6,15,17-18H,3-4,7-14,16H2,1-2H3,(H,22,23);1H. The maximum Gasteiger partial charge on any atom is 0.309 e. The van der Waals surface area contributed by atoms with Crippen LogP contribution >= 0.6 is 35.3 Å². The second-order valence-corrected chi connectivity index (χ2v) is 8.37. The molecule has 30 heavy (non-hydrogen) atoms. The number of carbonyl (C=O) groups is 1. The van der Waals surface area contributed by atoms with E-state index >= 15 is 0 Å². The number of likely N-dealkylation sites (tertiary alicyclic amines) is 1. The van der Waals surface area contributed by atoms with Gasteiger partial charge in [0.1, 0.15) is 0 Å². The lowest BCUT2D eigenvalue weighted by molar-refractivity contribution is -0.149. The van der Waals surface area contributed by atoms with E-state index in [0.717, 1.165) is 71.3 Å². The van der Waals surface area contributed by atoms with E-state index in [4.69, 9.17) is 14.5 Å². The minimum absolute atomic E-state index is 0. The van der Waals surface area contributed by atoms with Crippen LogP contribution in [0.5, 0.6) is 0 Å². The first-order chi connectivity index (χ1) is 14.2. The van der Waals surface area contributed by atoms with Crippen LogP contribution in [0.1, 0.15) is 37.6 Å². The van der Waals surface area contributed by atoms with Gasteiger partial charge in [0.15, 0.2) is 5.96 Å². The average Bonchev–Trinajstić information content (AvgIpc) is 3.29. The van der Waals surface area contributed by atoms with Crippen molar-refractivity contribution >= 4 is 47.2 Å². The van der Waals surface area contributed by atoms with E-state index in [1.165, 1.54) is 4.88 Å². The Kier molecular flexibility index (Phi) is 11.4. The number of piperidine rings is 1. The van der Waals surface area contributed by atoms with E-state index in [2.05, 4.69) is 39.6 Å². The van der Waals surface area contributed by atoms with E-state index in [-0.39, 0.29) is 41.9 Å². The van der Waals surface area contributed by atoms with Gasteiger partial charge < -0.3 is 19.7 Å². The Morgan fingerprint density at radius 2 is 2.03 bits per heavy atom. The van der Waals surface area contributed by atoms with Gasteiger partial charge in [0, 0.05) is 37.6 Å². The zero-order valence-electron chi connectivity index (χ0n) is 18.0. The molecule has 1 aromatic rings. The maximum absolute atomic E-state index is 12.0.